The van der Waals surface area contributed by atoms with Crippen LogP contribution in [-0.4, -0.2) is 32.3 Å². The largest absolute Gasteiger partial charge is 0.388 e. The highest BCUT2D eigenvalue weighted by Gasteiger charge is 2.17. The van der Waals surface area contributed by atoms with Crippen molar-refractivity contribution in [1.29, 1.82) is 0 Å². The lowest BCUT2D eigenvalue weighted by Crippen LogP contribution is -2.11. The predicted octanol–water partition coefficient (Wildman–Crippen LogP) is 0.966. The van der Waals surface area contributed by atoms with Gasteiger partial charge in [-0.25, -0.2) is 0 Å². The molecule has 0 fully saturated rings. The van der Waals surface area contributed by atoms with Crippen LogP contribution in [0.25, 0.3) is 11.3 Å². The number of ketones is 1. The molecule has 0 saturated heterocycles. The molecule has 0 aliphatic heterocycles. The standard InChI is InChI=1S/C12H13N3O2/c1-8-3-4-10(13-5-8)9-6-14-15(2)12(9)11(17)7-16/h3-6,16H,7H2,1-2H3. The van der Waals surface area contributed by atoms with E-state index in [9.17, 15) is 4.79 Å². The van der Waals surface area contributed by atoms with Gasteiger partial charge in [-0.3, -0.25) is 14.5 Å². The van der Waals surface area contributed by atoms with E-state index in [4.69, 9.17) is 5.11 Å². The Bertz CT molecular complexity index is 543. The summed E-state index contributed by atoms with van der Waals surface area (Å²) in [6.07, 6.45) is 3.32. The third kappa shape index (κ3) is 2.09. The lowest BCUT2D eigenvalue weighted by Gasteiger charge is -2.03. The summed E-state index contributed by atoms with van der Waals surface area (Å²) >= 11 is 0. The molecule has 0 unspecified atom stereocenters. The van der Waals surface area contributed by atoms with Crippen molar-refractivity contribution in [3.8, 4) is 11.3 Å². The van der Waals surface area contributed by atoms with Gasteiger partial charge < -0.3 is 5.11 Å². The number of aliphatic hydroxyl groups is 1. The Hall–Kier alpha value is -2.01. The molecule has 17 heavy (non-hydrogen) atoms. The van der Waals surface area contributed by atoms with E-state index in [0.29, 0.717) is 17.0 Å². The number of pyridine rings is 1. The molecule has 0 radical (unpaired) electrons. The van der Waals surface area contributed by atoms with Crippen molar-refractivity contribution in [3.63, 3.8) is 0 Å². The highest BCUT2D eigenvalue weighted by atomic mass is 16.3. The zero-order chi connectivity index (χ0) is 12.4. The molecule has 5 nitrogen and oxygen atoms in total. The second-order valence-corrected chi connectivity index (χ2v) is 3.83. The number of hydrogen-bond donors (Lipinski definition) is 1. The van der Waals surface area contributed by atoms with Crippen molar-refractivity contribution in [2.24, 2.45) is 7.05 Å². The van der Waals surface area contributed by atoms with Gasteiger partial charge in [-0.2, -0.15) is 5.10 Å². The summed E-state index contributed by atoms with van der Waals surface area (Å²) < 4.78 is 1.45. The molecule has 0 saturated carbocycles. The van der Waals surface area contributed by atoms with Gasteiger partial charge in [0.2, 0.25) is 5.78 Å². The summed E-state index contributed by atoms with van der Waals surface area (Å²) in [5, 5.41) is 13.0. The van der Waals surface area contributed by atoms with E-state index in [0.717, 1.165) is 5.56 Å². The minimum absolute atomic E-state index is 0.359. The minimum Gasteiger partial charge on any atom is -0.388 e. The first kappa shape index (κ1) is 11.5. The minimum atomic E-state index is -0.529. The van der Waals surface area contributed by atoms with Crippen LogP contribution in [0.5, 0.6) is 0 Å². The predicted molar refractivity (Wildman–Crippen MR) is 62.6 cm³/mol. The fraction of sp³-hybridized carbons (Fsp3) is 0.250. The van der Waals surface area contributed by atoms with Gasteiger partial charge in [0.05, 0.1) is 11.9 Å². The molecule has 0 spiro atoms. The molecule has 0 aliphatic rings. The Morgan fingerprint density at radius 1 is 1.41 bits per heavy atom. The van der Waals surface area contributed by atoms with Crippen LogP contribution in [0.4, 0.5) is 0 Å². The van der Waals surface area contributed by atoms with Crippen LogP contribution in [0.2, 0.25) is 0 Å². The van der Waals surface area contributed by atoms with E-state index in [-0.39, 0.29) is 5.78 Å². The smallest absolute Gasteiger partial charge is 0.206 e. The van der Waals surface area contributed by atoms with Crippen molar-refractivity contribution in [2.75, 3.05) is 6.61 Å². The molecule has 0 bridgehead atoms. The number of rotatable bonds is 3. The van der Waals surface area contributed by atoms with Gasteiger partial charge in [-0.05, 0) is 18.6 Å². The van der Waals surface area contributed by atoms with Gasteiger partial charge in [-0.15, -0.1) is 0 Å². The summed E-state index contributed by atoms with van der Waals surface area (Å²) in [6.45, 7) is 1.41. The number of carbonyl (C=O) groups is 1. The van der Waals surface area contributed by atoms with E-state index >= 15 is 0 Å². The molecule has 0 aliphatic carbocycles. The number of aryl methyl sites for hydroxylation is 2. The van der Waals surface area contributed by atoms with Gasteiger partial charge in [-0.1, -0.05) is 6.07 Å². The second-order valence-electron chi connectivity index (χ2n) is 3.83. The van der Waals surface area contributed by atoms with E-state index < -0.39 is 6.61 Å². The van der Waals surface area contributed by atoms with Gasteiger partial charge in [0, 0.05) is 18.8 Å². The third-order valence-electron chi connectivity index (χ3n) is 2.53. The molecule has 2 aromatic rings. The Labute approximate surface area is 98.7 Å². The van der Waals surface area contributed by atoms with Crippen LogP contribution in [0.15, 0.2) is 24.5 Å². The summed E-state index contributed by atoms with van der Waals surface area (Å²) in [6, 6.07) is 3.75. The average molecular weight is 231 g/mol. The maximum absolute atomic E-state index is 11.6. The van der Waals surface area contributed by atoms with Crippen molar-refractivity contribution < 1.29 is 9.90 Å². The average Bonchev–Trinajstić information content (AvgIpc) is 2.71. The van der Waals surface area contributed by atoms with E-state index in [1.807, 2.05) is 19.1 Å². The highest BCUT2D eigenvalue weighted by molar-refractivity contribution is 6.01. The number of hydrogen-bond acceptors (Lipinski definition) is 4. The molecular formula is C12H13N3O2. The highest BCUT2D eigenvalue weighted by Crippen LogP contribution is 2.21. The topological polar surface area (TPSA) is 68.0 Å². The normalized spacial score (nSPS) is 10.5. The van der Waals surface area contributed by atoms with Crippen molar-refractivity contribution in [3.05, 3.63) is 35.8 Å². The molecular weight excluding hydrogens is 218 g/mol. The van der Waals surface area contributed by atoms with Crippen LogP contribution in [0.3, 0.4) is 0 Å². The summed E-state index contributed by atoms with van der Waals surface area (Å²) in [4.78, 5) is 15.9. The monoisotopic (exact) mass is 231 g/mol. The molecule has 0 amide bonds. The van der Waals surface area contributed by atoms with Crippen LogP contribution in [-0.2, 0) is 7.05 Å². The van der Waals surface area contributed by atoms with Gasteiger partial charge >= 0.3 is 0 Å². The van der Waals surface area contributed by atoms with Crippen molar-refractivity contribution >= 4 is 5.78 Å². The zero-order valence-corrected chi connectivity index (χ0v) is 9.71. The number of nitrogens with zero attached hydrogens (tertiary/aromatic N) is 3. The number of carbonyl (C=O) groups excluding carboxylic acids is 1. The summed E-state index contributed by atoms with van der Waals surface area (Å²) in [5.74, 6) is -0.359. The SMILES string of the molecule is Cc1ccc(-c2cnn(C)c2C(=O)CO)nc1. The molecule has 2 aromatic heterocycles. The maximum Gasteiger partial charge on any atom is 0.206 e. The Morgan fingerprint density at radius 2 is 2.18 bits per heavy atom. The Morgan fingerprint density at radius 3 is 2.76 bits per heavy atom. The molecule has 0 atom stereocenters. The molecule has 0 aromatic carbocycles. The van der Waals surface area contributed by atoms with E-state index in [2.05, 4.69) is 10.1 Å². The van der Waals surface area contributed by atoms with E-state index in [1.165, 1.54) is 4.68 Å². The second kappa shape index (κ2) is 4.47. The molecule has 2 heterocycles. The van der Waals surface area contributed by atoms with Crippen molar-refractivity contribution in [2.45, 2.75) is 6.92 Å². The summed E-state index contributed by atoms with van der Waals surface area (Å²) in [7, 11) is 1.67. The van der Waals surface area contributed by atoms with E-state index in [1.54, 1.807) is 19.4 Å². The molecule has 1 N–H and O–H groups in total. The van der Waals surface area contributed by atoms with Crippen LogP contribution < -0.4 is 0 Å². The maximum atomic E-state index is 11.6. The lowest BCUT2D eigenvalue weighted by molar-refractivity contribution is 0.0895. The van der Waals surface area contributed by atoms with Crippen LogP contribution in [0.1, 0.15) is 16.1 Å². The molecule has 5 heteroatoms. The molecule has 88 valence electrons. The third-order valence-corrected chi connectivity index (χ3v) is 2.53. The molecule has 2 rings (SSSR count). The Kier molecular flexibility index (Phi) is 3.01. The van der Waals surface area contributed by atoms with Gasteiger partial charge in [0.25, 0.3) is 0 Å². The number of aliphatic hydroxyl groups excluding tert-OH is 1. The van der Waals surface area contributed by atoms with Gasteiger partial charge in [0.1, 0.15) is 12.3 Å². The number of aromatic nitrogens is 3. The first-order chi connectivity index (χ1) is 8.13. The summed E-state index contributed by atoms with van der Waals surface area (Å²) in [5.41, 5.74) is 2.75. The Balaban J connectivity index is 2.52. The first-order valence-corrected chi connectivity index (χ1v) is 5.22. The quantitative estimate of drug-likeness (QED) is 0.799. The van der Waals surface area contributed by atoms with Crippen molar-refractivity contribution in [1.82, 2.24) is 14.8 Å². The van der Waals surface area contributed by atoms with Crippen LogP contribution in [0, 0.1) is 6.92 Å². The fourth-order valence-electron chi connectivity index (χ4n) is 1.66. The van der Waals surface area contributed by atoms with Crippen LogP contribution >= 0.6 is 0 Å². The van der Waals surface area contributed by atoms with Gasteiger partial charge in [0.15, 0.2) is 0 Å². The zero-order valence-electron chi connectivity index (χ0n) is 9.71. The first-order valence-electron chi connectivity index (χ1n) is 5.22. The lowest BCUT2D eigenvalue weighted by atomic mass is 10.1. The number of Topliss-reactive ketones (excluding diaryl/α,β-unsaturated/α-hetero) is 1. The fourth-order valence-corrected chi connectivity index (χ4v) is 1.66.